The van der Waals surface area contributed by atoms with E-state index in [9.17, 15) is 0 Å². The fourth-order valence-corrected chi connectivity index (χ4v) is 2.28. The molecule has 3 rings (SSSR count). The predicted molar refractivity (Wildman–Crippen MR) is 74.4 cm³/mol. The SMILES string of the molecule is Nc1ncnc2cccc(-c3ccccc3Cl)c12. The zero-order valence-corrected chi connectivity index (χ0v) is 10.2. The average Bonchev–Trinajstić information content (AvgIpc) is 2.39. The van der Waals surface area contributed by atoms with Crippen molar-refractivity contribution in [3.63, 3.8) is 0 Å². The van der Waals surface area contributed by atoms with Gasteiger partial charge in [-0.25, -0.2) is 9.97 Å². The fourth-order valence-electron chi connectivity index (χ4n) is 2.04. The molecule has 18 heavy (non-hydrogen) atoms. The second-order valence-corrected chi connectivity index (χ2v) is 4.35. The first-order chi connectivity index (χ1) is 8.77. The highest BCUT2D eigenvalue weighted by Gasteiger charge is 2.10. The molecule has 0 aliphatic carbocycles. The van der Waals surface area contributed by atoms with Crippen LogP contribution < -0.4 is 5.73 Å². The Balaban J connectivity index is 2.40. The predicted octanol–water partition coefficient (Wildman–Crippen LogP) is 3.53. The van der Waals surface area contributed by atoms with Gasteiger partial charge in [0, 0.05) is 10.6 Å². The normalized spacial score (nSPS) is 10.7. The third kappa shape index (κ3) is 1.69. The second kappa shape index (κ2) is 4.27. The van der Waals surface area contributed by atoms with E-state index in [1.165, 1.54) is 6.33 Å². The fraction of sp³-hybridized carbons (Fsp3) is 0. The number of anilines is 1. The standard InChI is InChI=1S/C14H10ClN3/c15-11-6-2-1-4-9(11)10-5-3-7-12-13(10)14(16)18-8-17-12/h1-8H,(H2,16,17,18). The van der Waals surface area contributed by atoms with Gasteiger partial charge in [0.15, 0.2) is 0 Å². The molecule has 0 fully saturated rings. The van der Waals surface area contributed by atoms with E-state index in [0.717, 1.165) is 22.0 Å². The van der Waals surface area contributed by atoms with Gasteiger partial charge in [-0.05, 0) is 17.7 Å². The van der Waals surface area contributed by atoms with E-state index in [0.29, 0.717) is 10.8 Å². The Kier molecular flexibility index (Phi) is 2.61. The van der Waals surface area contributed by atoms with Gasteiger partial charge in [-0.3, -0.25) is 0 Å². The van der Waals surface area contributed by atoms with Gasteiger partial charge < -0.3 is 5.73 Å². The van der Waals surface area contributed by atoms with Crippen LogP contribution in [0.1, 0.15) is 0 Å². The van der Waals surface area contributed by atoms with Gasteiger partial charge in [-0.1, -0.05) is 41.9 Å². The summed E-state index contributed by atoms with van der Waals surface area (Å²) < 4.78 is 0. The molecular weight excluding hydrogens is 246 g/mol. The van der Waals surface area contributed by atoms with E-state index in [4.69, 9.17) is 17.3 Å². The molecule has 3 nitrogen and oxygen atoms in total. The third-order valence-corrected chi connectivity index (χ3v) is 3.19. The van der Waals surface area contributed by atoms with Crippen LogP contribution in [0.15, 0.2) is 48.8 Å². The van der Waals surface area contributed by atoms with E-state index in [1.54, 1.807) is 0 Å². The number of aromatic nitrogens is 2. The zero-order chi connectivity index (χ0) is 12.5. The van der Waals surface area contributed by atoms with Crippen LogP contribution in [0.5, 0.6) is 0 Å². The number of hydrogen-bond acceptors (Lipinski definition) is 3. The van der Waals surface area contributed by atoms with Crippen molar-refractivity contribution >= 4 is 28.3 Å². The minimum Gasteiger partial charge on any atom is -0.383 e. The molecule has 2 aromatic carbocycles. The number of halogens is 1. The summed E-state index contributed by atoms with van der Waals surface area (Å²) in [4.78, 5) is 8.27. The summed E-state index contributed by atoms with van der Waals surface area (Å²) in [6.07, 6.45) is 1.47. The van der Waals surface area contributed by atoms with Crippen LogP contribution >= 0.6 is 11.6 Å². The maximum absolute atomic E-state index is 6.23. The van der Waals surface area contributed by atoms with Gasteiger partial charge >= 0.3 is 0 Å². The lowest BCUT2D eigenvalue weighted by molar-refractivity contribution is 1.23. The first-order valence-corrected chi connectivity index (χ1v) is 5.89. The topological polar surface area (TPSA) is 51.8 Å². The number of rotatable bonds is 1. The Morgan fingerprint density at radius 3 is 2.50 bits per heavy atom. The van der Waals surface area contributed by atoms with E-state index in [2.05, 4.69) is 9.97 Å². The molecule has 1 aromatic heterocycles. The molecule has 0 bridgehead atoms. The van der Waals surface area contributed by atoms with Gasteiger partial charge in [0.05, 0.1) is 10.9 Å². The molecule has 0 atom stereocenters. The highest BCUT2D eigenvalue weighted by Crippen LogP contribution is 2.34. The molecule has 0 saturated carbocycles. The average molecular weight is 256 g/mol. The summed E-state index contributed by atoms with van der Waals surface area (Å²) in [5.74, 6) is 0.468. The highest BCUT2D eigenvalue weighted by molar-refractivity contribution is 6.33. The van der Waals surface area contributed by atoms with Crippen molar-refractivity contribution in [2.45, 2.75) is 0 Å². The monoisotopic (exact) mass is 255 g/mol. The van der Waals surface area contributed by atoms with Crippen molar-refractivity contribution in [1.29, 1.82) is 0 Å². The van der Waals surface area contributed by atoms with Crippen LogP contribution in [-0.2, 0) is 0 Å². The van der Waals surface area contributed by atoms with Crippen molar-refractivity contribution in [2.24, 2.45) is 0 Å². The van der Waals surface area contributed by atoms with Crippen LogP contribution in [0.4, 0.5) is 5.82 Å². The number of nitrogen functional groups attached to an aromatic ring is 1. The first-order valence-electron chi connectivity index (χ1n) is 5.51. The number of benzene rings is 2. The van der Waals surface area contributed by atoms with Crippen LogP contribution in [0, 0.1) is 0 Å². The summed E-state index contributed by atoms with van der Waals surface area (Å²) in [6.45, 7) is 0. The summed E-state index contributed by atoms with van der Waals surface area (Å²) in [5.41, 5.74) is 8.66. The third-order valence-electron chi connectivity index (χ3n) is 2.86. The molecule has 0 amide bonds. The van der Waals surface area contributed by atoms with Crippen molar-refractivity contribution < 1.29 is 0 Å². The number of nitrogens with two attached hydrogens (primary N) is 1. The molecule has 0 aliphatic heterocycles. The second-order valence-electron chi connectivity index (χ2n) is 3.94. The molecule has 0 aliphatic rings. The summed E-state index contributed by atoms with van der Waals surface area (Å²) in [5, 5.41) is 1.53. The van der Waals surface area contributed by atoms with Crippen molar-refractivity contribution in [1.82, 2.24) is 9.97 Å². The quantitative estimate of drug-likeness (QED) is 0.724. The Morgan fingerprint density at radius 2 is 1.67 bits per heavy atom. The van der Waals surface area contributed by atoms with E-state index in [-0.39, 0.29) is 0 Å². The lowest BCUT2D eigenvalue weighted by Crippen LogP contribution is -1.95. The highest BCUT2D eigenvalue weighted by atomic mass is 35.5. The van der Waals surface area contributed by atoms with Crippen LogP contribution in [0.25, 0.3) is 22.0 Å². The molecule has 0 unspecified atom stereocenters. The molecule has 88 valence electrons. The number of hydrogen-bond donors (Lipinski definition) is 1. The minimum atomic E-state index is 0.468. The van der Waals surface area contributed by atoms with E-state index in [1.807, 2.05) is 42.5 Å². The first kappa shape index (κ1) is 11.0. The Labute approximate surface area is 109 Å². The molecule has 2 N–H and O–H groups in total. The van der Waals surface area contributed by atoms with Crippen LogP contribution in [-0.4, -0.2) is 9.97 Å². The minimum absolute atomic E-state index is 0.468. The summed E-state index contributed by atoms with van der Waals surface area (Å²) >= 11 is 6.23. The van der Waals surface area contributed by atoms with Gasteiger partial charge in [-0.15, -0.1) is 0 Å². The molecule has 4 heteroatoms. The lowest BCUT2D eigenvalue weighted by Gasteiger charge is -2.09. The zero-order valence-electron chi connectivity index (χ0n) is 9.47. The largest absolute Gasteiger partial charge is 0.383 e. The number of fused-ring (bicyclic) bond motifs is 1. The lowest BCUT2D eigenvalue weighted by atomic mass is 10.0. The Morgan fingerprint density at radius 1 is 0.889 bits per heavy atom. The Bertz CT molecular complexity index is 720. The maximum Gasteiger partial charge on any atom is 0.135 e. The van der Waals surface area contributed by atoms with Gasteiger partial charge in [0.1, 0.15) is 12.1 Å². The van der Waals surface area contributed by atoms with E-state index >= 15 is 0 Å². The summed E-state index contributed by atoms with van der Waals surface area (Å²) in [6, 6.07) is 13.5. The van der Waals surface area contributed by atoms with Crippen LogP contribution in [0.3, 0.4) is 0 Å². The van der Waals surface area contributed by atoms with Gasteiger partial charge in [-0.2, -0.15) is 0 Å². The van der Waals surface area contributed by atoms with Crippen LogP contribution in [0.2, 0.25) is 5.02 Å². The molecular formula is C14H10ClN3. The number of nitrogens with zero attached hydrogens (tertiary/aromatic N) is 2. The van der Waals surface area contributed by atoms with Crippen molar-refractivity contribution in [3.05, 3.63) is 53.8 Å². The molecule has 0 radical (unpaired) electrons. The Hall–Kier alpha value is -2.13. The van der Waals surface area contributed by atoms with Gasteiger partial charge in [0.25, 0.3) is 0 Å². The molecule has 1 heterocycles. The summed E-state index contributed by atoms with van der Waals surface area (Å²) in [7, 11) is 0. The molecule has 0 spiro atoms. The van der Waals surface area contributed by atoms with Crippen molar-refractivity contribution in [2.75, 3.05) is 5.73 Å². The van der Waals surface area contributed by atoms with E-state index < -0.39 is 0 Å². The van der Waals surface area contributed by atoms with Crippen molar-refractivity contribution in [3.8, 4) is 11.1 Å². The molecule has 3 aromatic rings. The van der Waals surface area contributed by atoms with Gasteiger partial charge in [0.2, 0.25) is 0 Å². The molecule has 0 saturated heterocycles. The smallest absolute Gasteiger partial charge is 0.135 e. The maximum atomic E-state index is 6.23.